The first-order valence-corrected chi connectivity index (χ1v) is 7.27. The maximum absolute atomic E-state index is 12.3. The van der Waals surface area contributed by atoms with Crippen LogP contribution in [-0.2, 0) is 0 Å². The lowest BCUT2D eigenvalue weighted by molar-refractivity contribution is 0.154. The molecule has 2 saturated heterocycles. The molecule has 2 N–H and O–H groups in total. The maximum Gasteiger partial charge on any atom is 0.318 e. The van der Waals surface area contributed by atoms with Gasteiger partial charge in [0, 0.05) is 18.1 Å². The molecule has 0 aromatic carbocycles. The number of amides is 2. The van der Waals surface area contributed by atoms with E-state index in [9.17, 15) is 4.79 Å². The smallest absolute Gasteiger partial charge is 0.318 e. The quantitative estimate of drug-likeness (QED) is 0.750. The van der Waals surface area contributed by atoms with E-state index in [1.54, 1.807) is 0 Å². The van der Waals surface area contributed by atoms with Crippen LogP contribution in [0, 0.1) is 5.92 Å². The van der Waals surface area contributed by atoms with E-state index in [1.807, 2.05) is 20.8 Å². The fourth-order valence-electron chi connectivity index (χ4n) is 3.13. The molecule has 2 amide bonds. The van der Waals surface area contributed by atoms with Gasteiger partial charge in [0.15, 0.2) is 0 Å². The molecule has 0 aromatic heterocycles. The number of likely N-dealkylation sites (tertiary alicyclic amines) is 1. The Labute approximate surface area is 110 Å². The Bertz CT molecular complexity index is 292. The third-order valence-corrected chi connectivity index (χ3v) is 3.92. The number of hydrogen-bond donors (Lipinski definition) is 2. The molecule has 2 aliphatic heterocycles. The summed E-state index contributed by atoms with van der Waals surface area (Å²) < 4.78 is 0. The number of rotatable bonds is 1. The first-order chi connectivity index (χ1) is 8.47. The summed E-state index contributed by atoms with van der Waals surface area (Å²) in [6, 6.07) is 0.565. The summed E-state index contributed by atoms with van der Waals surface area (Å²) in [5, 5.41) is 6.56. The van der Waals surface area contributed by atoms with Crippen LogP contribution in [0.2, 0.25) is 0 Å². The summed E-state index contributed by atoms with van der Waals surface area (Å²) >= 11 is 0. The van der Waals surface area contributed by atoms with Crippen molar-refractivity contribution in [2.24, 2.45) is 5.92 Å². The molecule has 0 radical (unpaired) electrons. The van der Waals surface area contributed by atoms with Gasteiger partial charge in [0.25, 0.3) is 0 Å². The highest BCUT2D eigenvalue weighted by Crippen LogP contribution is 2.28. The number of nitrogens with one attached hydrogen (secondary N) is 2. The zero-order valence-corrected chi connectivity index (χ0v) is 12.0. The first kappa shape index (κ1) is 13.7. The minimum absolute atomic E-state index is 0.121. The van der Waals surface area contributed by atoms with Crippen LogP contribution in [0.3, 0.4) is 0 Å². The SMILES string of the molecule is CC(C)(C)NC(=O)N1CCCC1C1CCCNC1. The van der Waals surface area contributed by atoms with Crippen molar-refractivity contribution >= 4 is 6.03 Å². The van der Waals surface area contributed by atoms with Crippen LogP contribution in [0.5, 0.6) is 0 Å². The highest BCUT2D eigenvalue weighted by atomic mass is 16.2. The lowest BCUT2D eigenvalue weighted by Gasteiger charge is -2.36. The molecule has 4 nitrogen and oxygen atoms in total. The van der Waals surface area contributed by atoms with Gasteiger partial charge in [-0.2, -0.15) is 0 Å². The number of piperidine rings is 1. The van der Waals surface area contributed by atoms with E-state index < -0.39 is 0 Å². The molecule has 2 fully saturated rings. The van der Waals surface area contributed by atoms with Crippen LogP contribution in [0.4, 0.5) is 4.79 Å². The Morgan fingerprint density at radius 1 is 1.28 bits per heavy atom. The highest BCUT2D eigenvalue weighted by Gasteiger charge is 2.35. The zero-order valence-electron chi connectivity index (χ0n) is 12.0. The van der Waals surface area contributed by atoms with Gasteiger partial charge in [0.2, 0.25) is 0 Å². The average Bonchev–Trinajstić information content (AvgIpc) is 2.76. The fourth-order valence-corrected chi connectivity index (χ4v) is 3.13. The fraction of sp³-hybridized carbons (Fsp3) is 0.929. The van der Waals surface area contributed by atoms with Gasteiger partial charge in [-0.3, -0.25) is 0 Å². The maximum atomic E-state index is 12.3. The summed E-state index contributed by atoms with van der Waals surface area (Å²) in [6.07, 6.45) is 4.83. The van der Waals surface area contributed by atoms with Gasteiger partial charge < -0.3 is 15.5 Å². The molecule has 0 saturated carbocycles. The summed E-state index contributed by atoms with van der Waals surface area (Å²) in [5.41, 5.74) is -0.144. The number of urea groups is 1. The van der Waals surface area contributed by atoms with Crippen LogP contribution in [0.1, 0.15) is 46.5 Å². The minimum atomic E-state index is -0.144. The summed E-state index contributed by atoms with van der Waals surface area (Å²) in [5.74, 6) is 0.645. The van der Waals surface area contributed by atoms with Crippen molar-refractivity contribution in [3.8, 4) is 0 Å². The second-order valence-corrected chi connectivity index (χ2v) is 6.69. The summed E-state index contributed by atoms with van der Waals surface area (Å²) in [4.78, 5) is 14.4. The van der Waals surface area contributed by atoms with Crippen molar-refractivity contribution in [3.63, 3.8) is 0 Å². The zero-order chi connectivity index (χ0) is 13.2. The van der Waals surface area contributed by atoms with Gasteiger partial charge in [0.1, 0.15) is 0 Å². The van der Waals surface area contributed by atoms with Crippen molar-refractivity contribution in [3.05, 3.63) is 0 Å². The van der Waals surface area contributed by atoms with Gasteiger partial charge in [-0.05, 0) is 65.5 Å². The Morgan fingerprint density at radius 2 is 2.06 bits per heavy atom. The van der Waals surface area contributed by atoms with Crippen LogP contribution < -0.4 is 10.6 Å². The third kappa shape index (κ3) is 3.37. The monoisotopic (exact) mass is 253 g/mol. The Morgan fingerprint density at radius 3 is 2.67 bits per heavy atom. The van der Waals surface area contributed by atoms with Gasteiger partial charge in [-0.15, -0.1) is 0 Å². The molecule has 2 rings (SSSR count). The predicted molar refractivity (Wildman–Crippen MR) is 73.6 cm³/mol. The predicted octanol–water partition coefficient (Wildman–Crippen LogP) is 1.96. The van der Waals surface area contributed by atoms with E-state index in [2.05, 4.69) is 15.5 Å². The van der Waals surface area contributed by atoms with E-state index in [0.717, 1.165) is 26.1 Å². The Balaban J connectivity index is 1.96. The van der Waals surface area contributed by atoms with Crippen LogP contribution in [0.25, 0.3) is 0 Å². The van der Waals surface area contributed by atoms with Crippen molar-refractivity contribution in [1.29, 1.82) is 0 Å². The molecule has 18 heavy (non-hydrogen) atoms. The molecule has 2 atom stereocenters. The first-order valence-electron chi connectivity index (χ1n) is 7.27. The molecule has 2 unspecified atom stereocenters. The lowest BCUT2D eigenvalue weighted by atomic mass is 9.90. The van der Waals surface area contributed by atoms with Crippen LogP contribution in [0.15, 0.2) is 0 Å². The van der Waals surface area contributed by atoms with E-state index in [4.69, 9.17) is 0 Å². The number of carbonyl (C=O) groups excluding carboxylic acids is 1. The van der Waals surface area contributed by atoms with Crippen molar-refractivity contribution in [2.75, 3.05) is 19.6 Å². The molecule has 0 bridgehead atoms. The van der Waals surface area contributed by atoms with E-state index in [0.29, 0.717) is 12.0 Å². The third-order valence-electron chi connectivity index (χ3n) is 3.92. The molecule has 2 heterocycles. The minimum Gasteiger partial charge on any atom is -0.333 e. The molecule has 104 valence electrons. The summed E-state index contributed by atoms with van der Waals surface area (Å²) in [7, 11) is 0. The molecular weight excluding hydrogens is 226 g/mol. The summed E-state index contributed by atoms with van der Waals surface area (Å²) in [6.45, 7) is 9.25. The van der Waals surface area contributed by atoms with Crippen molar-refractivity contribution in [2.45, 2.75) is 58.0 Å². The van der Waals surface area contributed by atoms with E-state index in [1.165, 1.54) is 19.3 Å². The standard InChI is InChI=1S/C14H27N3O/c1-14(2,3)16-13(18)17-9-5-7-12(17)11-6-4-8-15-10-11/h11-12,15H,4-10H2,1-3H3,(H,16,18). The van der Waals surface area contributed by atoms with Crippen molar-refractivity contribution < 1.29 is 4.79 Å². The number of carbonyl (C=O) groups is 1. The van der Waals surface area contributed by atoms with Gasteiger partial charge in [-0.25, -0.2) is 4.79 Å². The molecule has 4 heteroatoms. The van der Waals surface area contributed by atoms with Crippen LogP contribution >= 0.6 is 0 Å². The van der Waals surface area contributed by atoms with Crippen molar-refractivity contribution in [1.82, 2.24) is 15.5 Å². The molecule has 0 aromatic rings. The molecular formula is C14H27N3O. The van der Waals surface area contributed by atoms with Crippen LogP contribution in [-0.4, -0.2) is 42.1 Å². The van der Waals surface area contributed by atoms with Gasteiger partial charge in [-0.1, -0.05) is 0 Å². The number of nitrogens with zero attached hydrogens (tertiary/aromatic N) is 1. The van der Waals surface area contributed by atoms with E-state index in [-0.39, 0.29) is 11.6 Å². The largest absolute Gasteiger partial charge is 0.333 e. The second kappa shape index (κ2) is 5.47. The highest BCUT2D eigenvalue weighted by molar-refractivity contribution is 5.75. The normalized spacial score (nSPS) is 29.4. The van der Waals surface area contributed by atoms with Gasteiger partial charge in [0.05, 0.1) is 0 Å². The molecule has 2 aliphatic rings. The Kier molecular flexibility index (Phi) is 4.15. The molecule has 0 aliphatic carbocycles. The van der Waals surface area contributed by atoms with E-state index >= 15 is 0 Å². The topological polar surface area (TPSA) is 44.4 Å². The number of hydrogen-bond acceptors (Lipinski definition) is 2. The molecule has 0 spiro atoms. The lowest BCUT2D eigenvalue weighted by Crippen LogP contribution is -2.53. The average molecular weight is 253 g/mol. The second-order valence-electron chi connectivity index (χ2n) is 6.69. The van der Waals surface area contributed by atoms with Gasteiger partial charge >= 0.3 is 6.03 Å². The Hall–Kier alpha value is -0.770.